The molecule has 82 valence electrons. The highest BCUT2D eigenvalue weighted by molar-refractivity contribution is 6.33. The molecule has 15 heavy (non-hydrogen) atoms. The third kappa shape index (κ3) is 2.16. The molecule has 0 aliphatic heterocycles. The molecule has 1 rings (SSSR count). The van der Waals surface area contributed by atoms with Crippen LogP contribution in [0.25, 0.3) is 0 Å². The summed E-state index contributed by atoms with van der Waals surface area (Å²) in [6.07, 6.45) is 0. The fourth-order valence-electron chi connectivity index (χ4n) is 1.75. The Morgan fingerprint density at radius 3 is 1.40 bits per heavy atom. The Bertz CT molecular complexity index is 357. The van der Waals surface area contributed by atoms with Gasteiger partial charge < -0.3 is 14.7 Å². The molecule has 1 aromatic rings. The quantitative estimate of drug-likeness (QED) is 0.725. The fraction of sp³-hybridized carbons (Fsp3) is 0.455. The summed E-state index contributed by atoms with van der Waals surface area (Å²) in [4.78, 5) is 0. The van der Waals surface area contributed by atoms with E-state index in [1.807, 2.05) is 27.7 Å². The van der Waals surface area contributed by atoms with Crippen LogP contribution in [-0.4, -0.2) is 17.4 Å². The second-order valence-electron chi connectivity index (χ2n) is 3.90. The summed E-state index contributed by atoms with van der Waals surface area (Å²) in [5.74, 6) is 0.575. The highest BCUT2D eigenvalue weighted by atomic mass is 16.6. The van der Waals surface area contributed by atoms with Gasteiger partial charge in [-0.1, -0.05) is 0 Å². The Balaban J connectivity index is 3.39. The van der Waals surface area contributed by atoms with Crippen LogP contribution in [-0.2, 0) is 0 Å². The molecule has 0 atom stereocenters. The molecule has 0 aliphatic rings. The van der Waals surface area contributed by atoms with Crippen molar-refractivity contribution in [3.63, 3.8) is 0 Å². The molecule has 0 radical (unpaired) electrons. The maximum atomic E-state index is 8.84. The van der Waals surface area contributed by atoms with Gasteiger partial charge in [0, 0.05) is 0 Å². The van der Waals surface area contributed by atoms with Crippen molar-refractivity contribution in [3.05, 3.63) is 27.8 Å². The lowest BCUT2D eigenvalue weighted by Gasteiger charge is -2.18. The number of rotatable bonds is 2. The summed E-state index contributed by atoms with van der Waals surface area (Å²) in [6, 6.07) is 0. The van der Waals surface area contributed by atoms with E-state index in [0.717, 1.165) is 22.3 Å². The monoisotopic (exact) mass is 208 g/mol. The minimum absolute atomic E-state index is 0.575. The van der Waals surface area contributed by atoms with Crippen molar-refractivity contribution in [2.45, 2.75) is 34.6 Å². The van der Waals surface area contributed by atoms with Gasteiger partial charge in [0.05, 0.1) is 0 Å². The lowest BCUT2D eigenvalue weighted by atomic mass is 9.93. The van der Waals surface area contributed by atoms with Gasteiger partial charge in [0.2, 0.25) is 0 Å². The van der Waals surface area contributed by atoms with E-state index in [-0.39, 0.29) is 0 Å². The van der Waals surface area contributed by atoms with E-state index in [2.05, 4.69) is 6.92 Å². The van der Waals surface area contributed by atoms with Crippen molar-refractivity contribution in [3.8, 4) is 5.75 Å². The lowest BCUT2D eigenvalue weighted by molar-refractivity contribution is 0.286. The largest absolute Gasteiger partial charge is 0.707 e. The first-order valence-electron chi connectivity index (χ1n) is 4.96. The van der Waals surface area contributed by atoms with Gasteiger partial charge in [-0.3, -0.25) is 0 Å². The third-order valence-corrected chi connectivity index (χ3v) is 3.15. The first kappa shape index (κ1) is 12.1. The van der Waals surface area contributed by atoms with Gasteiger partial charge >= 0.3 is 7.32 Å². The summed E-state index contributed by atoms with van der Waals surface area (Å²) in [5.41, 5.74) is 5.42. The highest BCUT2D eigenvalue weighted by Crippen LogP contribution is 2.32. The molecule has 0 heterocycles. The summed E-state index contributed by atoms with van der Waals surface area (Å²) >= 11 is 0. The van der Waals surface area contributed by atoms with Crippen LogP contribution in [0.1, 0.15) is 27.8 Å². The van der Waals surface area contributed by atoms with E-state index in [4.69, 9.17) is 14.7 Å². The van der Waals surface area contributed by atoms with Gasteiger partial charge in [-0.25, -0.2) is 0 Å². The minimum atomic E-state index is -1.76. The maximum absolute atomic E-state index is 8.84. The minimum Gasteiger partial charge on any atom is -0.512 e. The van der Waals surface area contributed by atoms with E-state index in [1.54, 1.807) is 0 Å². The molecule has 0 spiro atoms. The topological polar surface area (TPSA) is 49.7 Å². The van der Waals surface area contributed by atoms with Crippen molar-refractivity contribution in [2.24, 2.45) is 0 Å². The average Bonchev–Trinajstić information content (AvgIpc) is 2.18. The van der Waals surface area contributed by atoms with Crippen LogP contribution in [0.3, 0.4) is 0 Å². The predicted octanol–water partition coefficient (Wildman–Crippen LogP) is 1.58. The van der Waals surface area contributed by atoms with Crippen LogP contribution in [0.15, 0.2) is 0 Å². The van der Waals surface area contributed by atoms with Gasteiger partial charge in [0.15, 0.2) is 0 Å². The molecule has 0 amide bonds. The zero-order valence-corrected chi connectivity index (χ0v) is 9.88. The molecular formula is C11H17BO3. The van der Waals surface area contributed by atoms with Gasteiger partial charge in [-0.15, -0.1) is 0 Å². The van der Waals surface area contributed by atoms with Crippen molar-refractivity contribution in [2.75, 3.05) is 0 Å². The van der Waals surface area contributed by atoms with E-state index in [1.165, 1.54) is 5.56 Å². The summed E-state index contributed by atoms with van der Waals surface area (Å²) in [5, 5.41) is 17.7. The van der Waals surface area contributed by atoms with E-state index < -0.39 is 7.32 Å². The number of benzene rings is 1. The van der Waals surface area contributed by atoms with Crippen molar-refractivity contribution < 1.29 is 14.7 Å². The molecule has 0 aromatic heterocycles. The summed E-state index contributed by atoms with van der Waals surface area (Å²) in [7, 11) is -1.76. The molecule has 2 N–H and O–H groups in total. The Labute approximate surface area is 90.9 Å². The van der Waals surface area contributed by atoms with Gasteiger partial charge in [-0.05, 0) is 62.4 Å². The van der Waals surface area contributed by atoms with Crippen molar-refractivity contribution >= 4 is 7.32 Å². The smallest absolute Gasteiger partial charge is 0.512 e. The molecule has 0 saturated heterocycles. The van der Waals surface area contributed by atoms with Crippen LogP contribution < -0.4 is 4.65 Å². The molecule has 3 nitrogen and oxygen atoms in total. The Morgan fingerprint density at radius 2 is 1.07 bits per heavy atom. The van der Waals surface area contributed by atoms with Crippen LogP contribution in [0.5, 0.6) is 5.75 Å². The fourth-order valence-corrected chi connectivity index (χ4v) is 1.75. The number of hydrogen-bond donors (Lipinski definition) is 2. The predicted molar refractivity (Wildman–Crippen MR) is 60.9 cm³/mol. The van der Waals surface area contributed by atoms with E-state index >= 15 is 0 Å². The second-order valence-corrected chi connectivity index (χ2v) is 3.90. The standard InChI is InChI=1S/C11H17BO3/c1-6-7(2)9(4)11(15-12(13)14)10(5)8(6)3/h13-14H,1-5H3. The SMILES string of the molecule is Cc1c(C)c(C)c(OB(O)O)c(C)c1C. The maximum Gasteiger partial charge on any atom is 0.707 e. The molecule has 0 saturated carbocycles. The molecule has 1 aromatic carbocycles. The van der Waals surface area contributed by atoms with Crippen molar-refractivity contribution in [1.29, 1.82) is 0 Å². The normalized spacial score (nSPS) is 10.3. The Morgan fingerprint density at radius 1 is 0.733 bits per heavy atom. The molecule has 0 bridgehead atoms. The van der Waals surface area contributed by atoms with Gasteiger partial charge in [-0.2, -0.15) is 0 Å². The zero-order chi connectivity index (χ0) is 11.7. The van der Waals surface area contributed by atoms with Crippen LogP contribution >= 0.6 is 0 Å². The number of hydrogen-bond acceptors (Lipinski definition) is 3. The zero-order valence-electron chi connectivity index (χ0n) is 9.88. The highest BCUT2D eigenvalue weighted by Gasteiger charge is 2.18. The van der Waals surface area contributed by atoms with Crippen LogP contribution in [0, 0.1) is 34.6 Å². The lowest BCUT2D eigenvalue weighted by Crippen LogP contribution is -2.22. The Kier molecular flexibility index (Phi) is 3.42. The van der Waals surface area contributed by atoms with E-state index in [9.17, 15) is 0 Å². The molecule has 0 unspecified atom stereocenters. The van der Waals surface area contributed by atoms with Crippen LogP contribution in [0.2, 0.25) is 0 Å². The van der Waals surface area contributed by atoms with Gasteiger partial charge in [0.1, 0.15) is 5.75 Å². The van der Waals surface area contributed by atoms with E-state index in [0.29, 0.717) is 5.75 Å². The first-order chi connectivity index (χ1) is 6.86. The molecular weight excluding hydrogens is 191 g/mol. The van der Waals surface area contributed by atoms with Crippen LogP contribution in [0.4, 0.5) is 0 Å². The van der Waals surface area contributed by atoms with Gasteiger partial charge in [0.25, 0.3) is 0 Å². The summed E-state index contributed by atoms with van der Waals surface area (Å²) in [6.45, 7) is 9.92. The average molecular weight is 208 g/mol. The molecule has 0 aliphatic carbocycles. The molecule has 0 fully saturated rings. The third-order valence-electron chi connectivity index (χ3n) is 3.15. The van der Waals surface area contributed by atoms with Crippen molar-refractivity contribution in [1.82, 2.24) is 0 Å². The molecule has 4 heteroatoms. The first-order valence-corrected chi connectivity index (χ1v) is 4.96. The Hall–Kier alpha value is -0.995. The summed E-state index contributed by atoms with van der Waals surface area (Å²) < 4.78 is 5.00. The second kappa shape index (κ2) is 4.25.